The Balaban J connectivity index is 2.45. The molecule has 2 aliphatic carbocycles. The number of hydrogen-bond acceptors (Lipinski definition) is 3. The molecule has 0 spiro atoms. The van der Waals surface area contributed by atoms with E-state index >= 15 is 0 Å². The molecule has 96 valence electrons. The lowest BCUT2D eigenvalue weighted by Crippen LogP contribution is -2.48. The summed E-state index contributed by atoms with van der Waals surface area (Å²) in [6.07, 6.45) is 1.62. The molecule has 0 aromatic heterocycles. The zero-order valence-corrected chi connectivity index (χ0v) is 10.9. The lowest BCUT2D eigenvalue weighted by Gasteiger charge is -2.43. The predicted molar refractivity (Wildman–Crippen MR) is 65.5 cm³/mol. The number of carbonyl (C=O) groups is 1. The van der Waals surface area contributed by atoms with Crippen LogP contribution in [0.1, 0.15) is 46.5 Å². The van der Waals surface area contributed by atoms with Crippen LogP contribution in [0.25, 0.3) is 0 Å². The van der Waals surface area contributed by atoms with Gasteiger partial charge in [-0.2, -0.15) is 0 Å². The molecule has 0 aromatic rings. The van der Waals surface area contributed by atoms with Crippen LogP contribution in [-0.2, 0) is 4.79 Å². The third-order valence-corrected chi connectivity index (χ3v) is 4.34. The zero-order chi connectivity index (χ0) is 12.8. The average Bonchev–Trinajstić information content (AvgIpc) is 2.24. The molecule has 3 heteroatoms. The van der Waals surface area contributed by atoms with Gasteiger partial charge in [-0.15, -0.1) is 0 Å². The Morgan fingerprint density at radius 3 is 2.59 bits per heavy atom. The second-order valence-electron chi connectivity index (χ2n) is 6.01. The van der Waals surface area contributed by atoms with Crippen molar-refractivity contribution in [2.24, 2.45) is 11.8 Å². The van der Waals surface area contributed by atoms with Gasteiger partial charge in [0, 0.05) is 6.42 Å². The van der Waals surface area contributed by atoms with E-state index in [-0.39, 0.29) is 11.7 Å². The molecule has 0 aliphatic heterocycles. The van der Waals surface area contributed by atoms with Crippen molar-refractivity contribution in [2.75, 3.05) is 0 Å². The van der Waals surface area contributed by atoms with Crippen LogP contribution in [0.4, 0.5) is 0 Å². The molecular formula is C14H22O3. The lowest BCUT2D eigenvalue weighted by molar-refractivity contribution is -0.118. The first kappa shape index (κ1) is 12.8. The zero-order valence-electron chi connectivity index (χ0n) is 10.9. The van der Waals surface area contributed by atoms with Crippen LogP contribution in [0, 0.1) is 11.8 Å². The number of Topliss-reactive ketones (excluding diaryl/α,β-unsaturated/α-hetero) is 1. The fourth-order valence-corrected chi connectivity index (χ4v) is 3.17. The summed E-state index contributed by atoms with van der Waals surface area (Å²) in [6, 6.07) is 0. The summed E-state index contributed by atoms with van der Waals surface area (Å²) in [5.74, 6) is 0.813. The molecule has 0 heterocycles. The second-order valence-corrected chi connectivity index (χ2v) is 6.01. The number of aliphatic hydroxyl groups is 2. The van der Waals surface area contributed by atoms with E-state index in [2.05, 4.69) is 13.8 Å². The molecule has 0 aromatic carbocycles. The molecular weight excluding hydrogens is 216 g/mol. The maximum atomic E-state index is 11.9. The summed E-state index contributed by atoms with van der Waals surface area (Å²) in [4.78, 5) is 11.9. The highest BCUT2D eigenvalue weighted by atomic mass is 16.3. The van der Waals surface area contributed by atoms with Crippen LogP contribution in [0.2, 0.25) is 0 Å². The van der Waals surface area contributed by atoms with E-state index in [0.29, 0.717) is 25.2 Å². The van der Waals surface area contributed by atoms with Crippen molar-refractivity contribution in [2.45, 2.75) is 58.2 Å². The molecule has 17 heavy (non-hydrogen) atoms. The predicted octanol–water partition coefficient (Wildman–Crippen LogP) is 1.82. The largest absolute Gasteiger partial charge is 0.387 e. The van der Waals surface area contributed by atoms with Crippen LogP contribution in [0.15, 0.2) is 11.1 Å². The van der Waals surface area contributed by atoms with Gasteiger partial charge in [0.1, 0.15) is 6.10 Å². The van der Waals surface area contributed by atoms with Crippen molar-refractivity contribution in [3.8, 4) is 0 Å². The number of ketones is 1. The first-order valence-electron chi connectivity index (χ1n) is 6.51. The van der Waals surface area contributed by atoms with Gasteiger partial charge in [0.05, 0.1) is 5.60 Å². The van der Waals surface area contributed by atoms with E-state index < -0.39 is 11.7 Å². The summed E-state index contributed by atoms with van der Waals surface area (Å²) >= 11 is 0. The highest BCUT2D eigenvalue weighted by Gasteiger charge is 2.44. The molecule has 0 bridgehead atoms. The second kappa shape index (κ2) is 4.21. The van der Waals surface area contributed by atoms with Gasteiger partial charge in [-0.3, -0.25) is 4.79 Å². The molecule has 0 radical (unpaired) electrons. The minimum atomic E-state index is -1.08. The van der Waals surface area contributed by atoms with Crippen LogP contribution >= 0.6 is 0 Å². The maximum absolute atomic E-state index is 11.9. The SMILES string of the molecule is CC(C)[C@H]1CCC(=O)C2=C1[C@@H](O)[C@@](C)(O)CC2. The molecule has 0 unspecified atom stereocenters. The summed E-state index contributed by atoms with van der Waals surface area (Å²) in [5, 5.41) is 20.5. The van der Waals surface area contributed by atoms with E-state index in [9.17, 15) is 15.0 Å². The molecule has 0 saturated heterocycles. The molecule has 3 atom stereocenters. The molecule has 0 saturated carbocycles. The van der Waals surface area contributed by atoms with Gasteiger partial charge in [0.2, 0.25) is 0 Å². The highest BCUT2D eigenvalue weighted by molar-refractivity contribution is 5.97. The normalized spacial score (nSPS) is 38.6. The molecule has 0 fully saturated rings. The van der Waals surface area contributed by atoms with Crippen molar-refractivity contribution < 1.29 is 15.0 Å². The summed E-state index contributed by atoms with van der Waals surface area (Å²) in [5.41, 5.74) is 0.547. The van der Waals surface area contributed by atoms with E-state index in [0.717, 1.165) is 17.6 Å². The third-order valence-electron chi connectivity index (χ3n) is 4.34. The molecule has 2 aliphatic rings. The Kier molecular flexibility index (Phi) is 3.17. The molecule has 0 amide bonds. The standard InChI is InChI=1S/C14H22O3/c1-8(2)9-4-5-11(15)10-6-7-14(3,17)13(16)12(9)10/h8-9,13,16-17H,4-7H2,1-3H3/t9-,13-,14+/m1/s1. The first-order valence-corrected chi connectivity index (χ1v) is 6.51. The minimum absolute atomic E-state index is 0.173. The van der Waals surface area contributed by atoms with Gasteiger partial charge in [0.15, 0.2) is 5.78 Å². The number of carbonyl (C=O) groups excluding carboxylic acids is 1. The number of aliphatic hydroxyl groups excluding tert-OH is 1. The van der Waals surface area contributed by atoms with Crippen molar-refractivity contribution in [1.29, 1.82) is 0 Å². The van der Waals surface area contributed by atoms with Gasteiger partial charge < -0.3 is 10.2 Å². The van der Waals surface area contributed by atoms with Gasteiger partial charge in [-0.25, -0.2) is 0 Å². The van der Waals surface area contributed by atoms with Gasteiger partial charge >= 0.3 is 0 Å². The Morgan fingerprint density at radius 2 is 2.00 bits per heavy atom. The number of rotatable bonds is 1. The molecule has 2 rings (SSSR count). The smallest absolute Gasteiger partial charge is 0.158 e. The van der Waals surface area contributed by atoms with Gasteiger partial charge in [0.25, 0.3) is 0 Å². The third kappa shape index (κ3) is 2.06. The molecule has 2 N–H and O–H groups in total. The van der Waals surface area contributed by atoms with Crippen molar-refractivity contribution in [3.63, 3.8) is 0 Å². The Hall–Kier alpha value is -0.670. The Labute approximate surface area is 103 Å². The van der Waals surface area contributed by atoms with E-state index in [1.54, 1.807) is 6.92 Å². The average molecular weight is 238 g/mol. The van der Waals surface area contributed by atoms with Crippen molar-refractivity contribution >= 4 is 5.78 Å². The molecule has 3 nitrogen and oxygen atoms in total. The monoisotopic (exact) mass is 238 g/mol. The quantitative estimate of drug-likeness (QED) is 0.732. The minimum Gasteiger partial charge on any atom is -0.387 e. The van der Waals surface area contributed by atoms with Crippen LogP contribution in [0.3, 0.4) is 0 Å². The van der Waals surface area contributed by atoms with E-state index in [1.807, 2.05) is 0 Å². The fraction of sp³-hybridized carbons (Fsp3) is 0.786. The summed E-state index contributed by atoms with van der Waals surface area (Å²) in [6.45, 7) is 5.89. The maximum Gasteiger partial charge on any atom is 0.158 e. The first-order chi connectivity index (χ1) is 7.84. The Morgan fingerprint density at radius 1 is 1.35 bits per heavy atom. The topological polar surface area (TPSA) is 57.5 Å². The number of hydrogen-bond donors (Lipinski definition) is 2. The van der Waals surface area contributed by atoms with Gasteiger partial charge in [-0.1, -0.05) is 13.8 Å². The number of allylic oxidation sites excluding steroid dienone is 1. The lowest BCUT2D eigenvalue weighted by atomic mass is 9.66. The van der Waals surface area contributed by atoms with Gasteiger partial charge in [-0.05, 0) is 49.2 Å². The van der Waals surface area contributed by atoms with E-state index in [4.69, 9.17) is 0 Å². The van der Waals surface area contributed by atoms with Crippen molar-refractivity contribution in [3.05, 3.63) is 11.1 Å². The van der Waals surface area contributed by atoms with Crippen LogP contribution in [-0.4, -0.2) is 27.7 Å². The van der Waals surface area contributed by atoms with Crippen molar-refractivity contribution in [1.82, 2.24) is 0 Å². The highest BCUT2D eigenvalue weighted by Crippen LogP contribution is 2.44. The van der Waals surface area contributed by atoms with Crippen LogP contribution in [0.5, 0.6) is 0 Å². The summed E-state index contributed by atoms with van der Waals surface area (Å²) < 4.78 is 0. The van der Waals surface area contributed by atoms with Crippen LogP contribution < -0.4 is 0 Å². The summed E-state index contributed by atoms with van der Waals surface area (Å²) in [7, 11) is 0. The fourth-order valence-electron chi connectivity index (χ4n) is 3.17. The van der Waals surface area contributed by atoms with E-state index in [1.165, 1.54) is 0 Å². The Bertz CT molecular complexity index is 362.